The Morgan fingerprint density at radius 3 is 2.48 bits per heavy atom. The van der Waals surface area contributed by atoms with Gasteiger partial charge in [-0.05, 0) is 31.5 Å². The van der Waals surface area contributed by atoms with Gasteiger partial charge in [0.15, 0.2) is 11.5 Å². The molecule has 0 fully saturated rings. The van der Waals surface area contributed by atoms with E-state index in [1.54, 1.807) is 6.07 Å². The molecule has 5 heteroatoms. The van der Waals surface area contributed by atoms with Crippen LogP contribution in [0.3, 0.4) is 0 Å². The summed E-state index contributed by atoms with van der Waals surface area (Å²) in [5.74, 6) is 0.357. The minimum Gasteiger partial charge on any atom is -0.487 e. The first-order valence-corrected chi connectivity index (χ1v) is 7.64. The summed E-state index contributed by atoms with van der Waals surface area (Å²) < 4.78 is 16.3. The van der Waals surface area contributed by atoms with Gasteiger partial charge >= 0.3 is 5.97 Å². The van der Waals surface area contributed by atoms with Crippen molar-refractivity contribution in [2.24, 2.45) is 0 Å². The van der Waals surface area contributed by atoms with Crippen molar-refractivity contribution in [3.63, 3.8) is 0 Å². The molecule has 2 aromatic carbocycles. The molecule has 0 aliphatic carbocycles. The van der Waals surface area contributed by atoms with E-state index in [4.69, 9.17) is 25.8 Å². The number of methoxy groups -OCH3 is 1. The summed E-state index contributed by atoms with van der Waals surface area (Å²) in [4.78, 5) is 11.7. The van der Waals surface area contributed by atoms with E-state index >= 15 is 0 Å². The second-order valence-corrected chi connectivity index (χ2v) is 5.62. The van der Waals surface area contributed by atoms with Crippen molar-refractivity contribution in [3.8, 4) is 11.5 Å². The van der Waals surface area contributed by atoms with Gasteiger partial charge in [0.25, 0.3) is 0 Å². The molecule has 0 N–H and O–H groups in total. The first-order valence-electron chi connectivity index (χ1n) is 7.26. The molecule has 2 aromatic rings. The van der Waals surface area contributed by atoms with Crippen LogP contribution < -0.4 is 9.47 Å². The maximum atomic E-state index is 11.7. The molecule has 0 heterocycles. The fraction of sp³-hybridized carbons (Fsp3) is 0.278. The first kappa shape index (κ1) is 17.2. The van der Waals surface area contributed by atoms with E-state index in [0.717, 1.165) is 5.56 Å². The van der Waals surface area contributed by atoms with E-state index in [9.17, 15) is 4.79 Å². The molecule has 0 radical (unpaired) electrons. The zero-order chi connectivity index (χ0) is 16.8. The molecule has 122 valence electrons. The average Bonchev–Trinajstić information content (AvgIpc) is 2.53. The van der Waals surface area contributed by atoms with Gasteiger partial charge in [-0.1, -0.05) is 41.9 Å². The van der Waals surface area contributed by atoms with Crippen LogP contribution in [0.25, 0.3) is 0 Å². The molecular formula is C18H19ClO4. The lowest BCUT2D eigenvalue weighted by Crippen LogP contribution is -2.10. The highest BCUT2D eigenvalue weighted by molar-refractivity contribution is 6.32. The second-order valence-electron chi connectivity index (χ2n) is 5.22. The molecule has 0 saturated heterocycles. The molecule has 0 aliphatic heterocycles. The Labute approximate surface area is 140 Å². The molecule has 0 aromatic heterocycles. The molecule has 4 nitrogen and oxygen atoms in total. The Morgan fingerprint density at radius 2 is 1.87 bits per heavy atom. The van der Waals surface area contributed by atoms with Crippen molar-refractivity contribution in [3.05, 3.63) is 58.6 Å². The topological polar surface area (TPSA) is 44.8 Å². The lowest BCUT2D eigenvalue weighted by atomic mass is 10.2. The van der Waals surface area contributed by atoms with Crippen LogP contribution >= 0.6 is 11.6 Å². The Morgan fingerprint density at radius 1 is 1.17 bits per heavy atom. The average molecular weight is 335 g/mol. The van der Waals surface area contributed by atoms with Gasteiger partial charge in [0.2, 0.25) is 0 Å². The molecule has 0 aliphatic rings. The Hall–Kier alpha value is -2.20. The third-order valence-corrected chi connectivity index (χ3v) is 3.30. The fourth-order valence-corrected chi connectivity index (χ4v) is 2.28. The van der Waals surface area contributed by atoms with E-state index in [0.29, 0.717) is 28.7 Å². The van der Waals surface area contributed by atoms with Gasteiger partial charge in [-0.2, -0.15) is 0 Å². The molecular weight excluding hydrogens is 316 g/mol. The van der Waals surface area contributed by atoms with Crippen molar-refractivity contribution >= 4 is 17.6 Å². The third kappa shape index (κ3) is 4.63. The quantitative estimate of drug-likeness (QED) is 0.730. The zero-order valence-corrected chi connectivity index (χ0v) is 14.1. The highest BCUT2D eigenvalue weighted by Gasteiger charge is 2.17. The standard InChI is InChI=1S/C18H19ClO4/c1-12(2)23-16-10-14(18(20)21-3)9-15(19)17(16)22-11-13-7-5-4-6-8-13/h4-10,12H,11H2,1-3H3. The van der Waals surface area contributed by atoms with Crippen LogP contribution in [-0.4, -0.2) is 19.2 Å². The maximum Gasteiger partial charge on any atom is 0.338 e. The first-order chi connectivity index (χ1) is 11.0. The van der Waals surface area contributed by atoms with Crippen molar-refractivity contribution < 1.29 is 19.0 Å². The van der Waals surface area contributed by atoms with Crippen LogP contribution in [0, 0.1) is 0 Å². The van der Waals surface area contributed by atoms with Gasteiger partial charge < -0.3 is 14.2 Å². The molecule has 23 heavy (non-hydrogen) atoms. The zero-order valence-electron chi connectivity index (χ0n) is 13.3. The van der Waals surface area contributed by atoms with Gasteiger partial charge in [-0.25, -0.2) is 4.79 Å². The molecule has 0 unspecified atom stereocenters. The van der Waals surface area contributed by atoms with Crippen molar-refractivity contribution in [1.29, 1.82) is 0 Å². The van der Waals surface area contributed by atoms with E-state index < -0.39 is 5.97 Å². The van der Waals surface area contributed by atoms with Crippen LogP contribution in [0.2, 0.25) is 5.02 Å². The van der Waals surface area contributed by atoms with Crippen LogP contribution in [0.5, 0.6) is 11.5 Å². The molecule has 0 bridgehead atoms. The predicted molar refractivity (Wildman–Crippen MR) is 89.3 cm³/mol. The van der Waals surface area contributed by atoms with Gasteiger partial charge in [-0.3, -0.25) is 0 Å². The van der Waals surface area contributed by atoms with Crippen LogP contribution in [0.1, 0.15) is 29.8 Å². The summed E-state index contributed by atoms with van der Waals surface area (Å²) in [6.45, 7) is 4.13. The van der Waals surface area contributed by atoms with Gasteiger partial charge in [0, 0.05) is 0 Å². The van der Waals surface area contributed by atoms with Gasteiger partial charge in [0.05, 0.1) is 23.8 Å². The smallest absolute Gasteiger partial charge is 0.338 e. The fourth-order valence-electron chi connectivity index (χ4n) is 2.02. The Balaban J connectivity index is 2.30. The van der Waals surface area contributed by atoms with Crippen LogP contribution in [0.4, 0.5) is 0 Å². The van der Waals surface area contributed by atoms with Crippen LogP contribution in [0.15, 0.2) is 42.5 Å². The minimum atomic E-state index is -0.477. The second kappa shape index (κ2) is 7.88. The predicted octanol–water partition coefficient (Wildman–Crippen LogP) is 4.49. The molecule has 0 spiro atoms. The normalized spacial score (nSPS) is 10.5. The highest BCUT2D eigenvalue weighted by atomic mass is 35.5. The van der Waals surface area contributed by atoms with E-state index in [-0.39, 0.29) is 6.10 Å². The van der Waals surface area contributed by atoms with E-state index in [1.165, 1.54) is 13.2 Å². The summed E-state index contributed by atoms with van der Waals surface area (Å²) in [7, 11) is 1.32. The number of ether oxygens (including phenoxy) is 3. The Bertz CT molecular complexity index is 668. The molecule has 0 amide bonds. The minimum absolute atomic E-state index is 0.0851. The number of rotatable bonds is 6. The lowest BCUT2D eigenvalue weighted by Gasteiger charge is -2.17. The van der Waals surface area contributed by atoms with Gasteiger partial charge in [0.1, 0.15) is 6.61 Å². The van der Waals surface area contributed by atoms with E-state index in [2.05, 4.69) is 0 Å². The number of hydrogen-bond acceptors (Lipinski definition) is 4. The van der Waals surface area contributed by atoms with Crippen molar-refractivity contribution in [1.82, 2.24) is 0 Å². The number of carbonyl (C=O) groups excluding carboxylic acids is 1. The van der Waals surface area contributed by atoms with Gasteiger partial charge in [-0.15, -0.1) is 0 Å². The number of halogens is 1. The van der Waals surface area contributed by atoms with Crippen LogP contribution in [-0.2, 0) is 11.3 Å². The summed E-state index contributed by atoms with van der Waals surface area (Å²) in [6, 6.07) is 12.8. The van der Waals surface area contributed by atoms with Crippen molar-refractivity contribution in [2.75, 3.05) is 7.11 Å². The summed E-state index contributed by atoms with van der Waals surface area (Å²) in [5.41, 5.74) is 1.33. The molecule has 2 rings (SSSR count). The molecule has 0 atom stereocenters. The number of esters is 1. The number of benzene rings is 2. The number of carbonyl (C=O) groups is 1. The van der Waals surface area contributed by atoms with Crippen molar-refractivity contribution in [2.45, 2.75) is 26.6 Å². The maximum absolute atomic E-state index is 11.7. The van der Waals surface area contributed by atoms with E-state index in [1.807, 2.05) is 44.2 Å². The largest absolute Gasteiger partial charge is 0.487 e. The number of hydrogen-bond donors (Lipinski definition) is 0. The Kier molecular flexibility index (Phi) is 5.88. The monoisotopic (exact) mass is 334 g/mol. The SMILES string of the molecule is COC(=O)c1cc(Cl)c(OCc2ccccc2)c(OC(C)C)c1. The lowest BCUT2D eigenvalue weighted by molar-refractivity contribution is 0.0600. The highest BCUT2D eigenvalue weighted by Crippen LogP contribution is 2.38. The molecule has 0 saturated carbocycles. The summed E-state index contributed by atoms with van der Waals surface area (Å²) in [6.07, 6.45) is -0.0851. The summed E-state index contributed by atoms with van der Waals surface area (Å²) >= 11 is 6.27. The third-order valence-electron chi connectivity index (χ3n) is 3.02. The summed E-state index contributed by atoms with van der Waals surface area (Å²) in [5, 5.41) is 0.305.